The normalized spacial score (nSPS) is 11.8. The Balaban J connectivity index is 2.32. The molecule has 0 saturated carbocycles. The van der Waals surface area contributed by atoms with Crippen LogP contribution < -0.4 is 0 Å². The Morgan fingerprint density at radius 2 is 1.84 bits per heavy atom. The van der Waals surface area contributed by atoms with Gasteiger partial charge in [-0.25, -0.2) is 4.68 Å². The average molecular weight is 270 g/mol. The molecule has 3 nitrogen and oxygen atoms in total. The van der Waals surface area contributed by atoms with E-state index < -0.39 is 11.7 Å². The Morgan fingerprint density at radius 3 is 2.37 bits per heavy atom. The van der Waals surface area contributed by atoms with E-state index in [1.54, 1.807) is 10.9 Å². The molecule has 0 aliphatic heterocycles. The van der Waals surface area contributed by atoms with E-state index in [2.05, 4.69) is 5.10 Å². The molecule has 19 heavy (non-hydrogen) atoms. The van der Waals surface area contributed by atoms with E-state index in [1.807, 2.05) is 6.92 Å². The second kappa shape index (κ2) is 5.05. The van der Waals surface area contributed by atoms with Crippen LogP contribution in [0, 0.1) is 6.92 Å². The first-order valence-electron chi connectivity index (χ1n) is 5.75. The first kappa shape index (κ1) is 13.6. The van der Waals surface area contributed by atoms with Crippen molar-refractivity contribution in [1.82, 2.24) is 9.78 Å². The molecular formula is C13H13F3N2O. The summed E-state index contributed by atoms with van der Waals surface area (Å²) in [5.74, 6) is 0. The Kier molecular flexibility index (Phi) is 3.61. The average Bonchev–Trinajstić information content (AvgIpc) is 2.71. The van der Waals surface area contributed by atoms with E-state index >= 15 is 0 Å². The van der Waals surface area contributed by atoms with Gasteiger partial charge in [-0.15, -0.1) is 0 Å². The summed E-state index contributed by atoms with van der Waals surface area (Å²) in [5, 5.41) is 13.0. The highest BCUT2D eigenvalue weighted by atomic mass is 19.4. The van der Waals surface area contributed by atoms with Crippen LogP contribution in [0.2, 0.25) is 0 Å². The monoisotopic (exact) mass is 270 g/mol. The van der Waals surface area contributed by atoms with E-state index in [4.69, 9.17) is 5.11 Å². The number of nitrogens with zero attached hydrogens (tertiary/aromatic N) is 2. The van der Waals surface area contributed by atoms with Gasteiger partial charge >= 0.3 is 6.18 Å². The summed E-state index contributed by atoms with van der Waals surface area (Å²) < 4.78 is 38.9. The molecule has 0 spiro atoms. The molecule has 0 aliphatic rings. The number of aromatic nitrogens is 2. The second-order valence-electron chi connectivity index (χ2n) is 4.19. The minimum absolute atomic E-state index is 0.0134. The van der Waals surface area contributed by atoms with Crippen molar-refractivity contribution in [2.45, 2.75) is 19.5 Å². The number of rotatable bonds is 3. The van der Waals surface area contributed by atoms with Crippen LogP contribution in [-0.4, -0.2) is 21.5 Å². The van der Waals surface area contributed by atoms with Crippen LogP contribution in [0.25, 0.3) is 5.69 Å². The molecule has 0 bridgehead atoms. The van der Waals surface area contributed by atoms with Crippen molar-refractivity contribution in [3.05, 3.63) is 47.3 Å². The Bertz CT molecular complexity index is 558. The number of benzene rings is 1. The van der Waals surface area contributed by atoms with E-state index in [0.29, 0.717) is 12.1 Å². The van der Waals surface area contributed by atoms with Gasteiger partial charge in [0.1, 0.15) is 0 Å². The van der Waals surface area contributed by atoms with Gasteiger partial charge < -0.3 is 5.11 Å². The predicted octanol–water partition coefficient (Wildman–Crippen LogP) is 2.73. The van der Waals surface area contributed by atoms with Gasteiger partial charge in [0.05, 0.1) is 17.4 Å². The van der Waals surface area contributed by atoms with Crippen LogP contribution in [0.3, 0.4) is 0 Å². The van der Waals surface area contributed by atoms with Gasteiger partial charge in [-0.1, -0.05) is 0 Å². The Labute approximate surface area is 108 Å². The maximum absolute atomic E-state index is 12.5. The van der Waals surface area contributed by atoms with Crippen molar-refractivity contribution >= 4 is 0 Å². The van der Waals surface area contributed by atoms with Gasteiger partial charge in [-0.05, 0) is 43.2 Å². The maximum Gasteiger partial charge on any atom is 0.416 e. The molecule has 1 heterocycles. The van der Waals surface area contributed by atoms with Crippen LogP contribution >= 0.6 is 0 Å². The van der Waals surface area contributed by atoms with E-state index in [9.17, 15) is 13.2 Å². The summed E-state index contributed by atoms with van der Waals surface area (Å²) in [4.78, 5) is 0. The number of hydrogen-bond donors (Lipinski definition) is 1. The number of aliphatic hydroxyl groups is 1. The largest absolute Gasteiger partial charge is 0.416 e. The van der Waals surface area contributed by atoms with Crippen molar-refractivity contribution in [1.29, 1.82) is 0 Å². The lowest BCUT2D eigenvalue weighted by molar-refractivity contribution is -0.137. The molecule has 0 atom stereocenters. The molecule has 0 radical (unpaired) electrons. The lowest BCUT2D eigenvalue weighted by Gasteiger charge is -2.09. The second-order valence-corrected chi connectivity index (χ2v) is 4.19. The lowest BCUT2D eigenvalue weighted by Crippen LogP contribution is -2.06. The molecule has 0 fully saturated rings. The molecule has 1 aromatic heterocycles. The first-order chi connectivity index (χ1) is 8.93. The van der Waals surface area contributed by atoms with Crippen molar-refractivity contribution in [3.63, 3.8) is 0 Å². The number of hydrogen-bond acceptors (Lipinski definition) is 2. The standard InChI is InChI=1S/C13H13F3N2O/c1-9-10(6-7-19)8-17-18(9)12-4-2-11(3-5-12)13(14,15)16/h2-5,8,19H,6-7H2,1H3. The van der Waals surface area contributed by atoms with Gasteiger partial charge in [0.2, 0.25) is 0 Å². The third-order valence-corrected chi connectivity index (χ3v) is 2.93. The molecule has 1 N–H and O–H groups in total. The van der Waals surface area contributed by atoms with Crippen molar-refractivity contribution < 1.29 is 18.3 Å². The summed E-state index contributed by atoms with van der Waals surface area (Å²) in [6, 6.07) is 4.82. The highest BCUT2D eigenvalue weighted by Crippen LogP contribution is 2.29. The molecule has 0 aliphatic carbocycles. The first-order valence-corrected chi connectivity index (χ1v) is 5.75. The topological polar surface area (TPSA) is 38.1 Å². The summed E-state index contributed by atoms with van der Waals surface area (Å²) in [5.41, 5.74) is 1.57. The maximum atomic E-state index is 12.5. The van der Waals surface area contributed by atoms with E-state index in [0.717, 1.165) is 23.4 Å². The zero-order valence-electron chi connectivity index (χ0n) is 10.3. The fourth-order valence-corrected chi connectivity index (χ4v) is 1.86. The molecule has 0 saturated heterocycles. The molecule has 0 amide bonds. The zero-order chi connectivity index (χ0) is 14.0. The third kappa shape index (κ3) is 2.78. The molecule has 0 unspecified atom stereocenters. The molecule has 6 heteroatoms. The van der Waals surface area contributed by atoms with Crippen LogP contribution in [0.4, 0.5) is 13.2 Å². The molecule has 102 valence electrons. The summed E-state index contributed by atoms with van der Waals surface area (Å²) >= 11 is 0. The third-order valence-electron chi connectivity index (χ3n) is 2.93. The van der Waals surface area contributed by atoms with Crippen molar-refractivity contribution in [2.24, 2.45) is 0 Å². The number of alkyl halides is 3. The highest BCUT2D eigenvalue weighted by molar-refractivity contribution is 5.37. The Hall–Kier alpha value is -1.82. The van der Waals surface area contributed by atoms with Crippen LogP contribution in [0.15, 0.2) is 30.5 Å². The van der Waals surface area contributed by atoms with Crippen LogP contribution in [-0.2, 0) is 12.6 Å². The fourth-order valence-electron chi connectivity index (χ4n) is 1.86. The van der Waals surface area contributed by atoms with Gasteiger partial charge in [-0.3, -0.25) is 0 Å². The fraction of sp³-hybridized carbons (Fsp3) is 0.308. The minimum atomic E-state index is -4.33. The molecule has 2 aromatic rings. The molecule has 1 aromatic carbocycles. The summed E-state index contributed by atoms with van der Waals surface area (Å²) in [7, 11) is 0. The van der Waals surface area contributed by atoms with Gasteiger partial charge in [0.25, 0.3) is 0 Å². The molecule has 2 rings (SSSR count). The number of aliphatic hydroxyl groups excluding tert-OH is 1. The van der Waals surface area contributed by atoms with Crippen LogP contribution in [0.5, 0.6) is 0 Å². The van der Waals surface area contributed by atoms with Crippen LogP contribution in [0.1, 0.15) is 16.8 Å². The van der Waals surface area contributed by atoms with Gasteiger partial charge in [0, 0.05) is 12.3 Å². The minimum Gasteiger partial charge on any atom is -0.396 e. The van der Waals surface area contributed by atoms with E-state index in [-0.39, 0.29) is 6.61 Å². The molecular weight excluding hydrogens is 257 g/mol. The number of halogens is 3. The summed E-state index contributed by atoms with van der Waals surface area (Å²) in [6.07, 6.45) is -2.24. The predicted molar refractivity (Wildman–Crippen MR) is 64.1 cm³/mol. The quantitative estimate of drug-likeness (QED) is 0.931. The smallest absolute Gasteiger partial charge is 0.396 e. The van der Waals surface area contributed by atoms with E-state index in [1.165, 1.54) is 12.1 Å². The van der Waals surface area contributed by atoms with Gasteiger partial charge in [0.15, 0.2) is 0 Å². The SMILES string of the molecule is Cc1c(CCO)cnn1-c1ccc(C(F)(F)F)cc1. The van der Waals surface area contributed by atoms with Crippen molar-refractivity contribution in [2.75, 3.05) is 6.61 Å². The zero-order valence-corrected chi connectivity index (χ0v) is 10.3. The summed E-state index contributed by atoms with van der Waals surface area (Å²) in [6.45, 7) is 1.83. The Morgan fingerprint density at radius 1 is 1.21 bits per heavy atom. The van der Waals surface area contributed by atoms with Crippen molar-refractivity contribution in [3.8, 4) is 5.69 Å². The lowest BCUT2D eigenvalue weighted by atomic mass is 10.2. The highest BCUT2D eigenvalue weighted by Gasteiger charge is 2.30. The van der Waals surface area contributed by atoms with Gasteiger partial charge in [-0.2, -0.15) is 18.3 Å².